The molecule has 5 fully saturated rings. The predicted octanol–water partition coefficient (Wildman–Crippen LogP) is 9.20. The summed E-state index contributed by atoms with van der Waals surface area (Å²) in [7, 11) is -1.55. The van der Waals surface area contributed by atoms with Crippen molar-refractivity contribution in [2.24, 2.45) is 45.8 Å². The summed E-state index contributed by atoms with van der Waals surface area (Å²) in [5.41, 5.74) is 2.82. The minimum absolute atomic E-state index is 0.00548. The maximum atomic E-state index is 15.1. The van der Waals surface area contributed by atoms with Gasteiger partial charge in [-0.05, 0) is 127 Å². The molecular formula is C43H69FN2O4S. The highest BCUT2D eigenvalue weighted by Crippen LogP contribution is 2.72. The van der Waals surface area contributed by atoms with E-state index in [4.69, 9.17) is 4.74 Å². The molecule has 6 aliphatic rings. The maximum absolute atomic E-state index is 15.1. The van der Waals surface area contributed by atoms with Crippen LogP contribution in [0.25, 0.3) is 5.57 Å². The van der Waals surface area contributed by atoms with Crippen LogP contribution in [-0.4, -0.2) is 69.6 Å². The molecule has 0 spiro atoms. The molecule has 1 aromatic carbocycles. The van der Waals surface area contributed by atoms with E-state index in [-0.39, 0.29) is 21.9 Å². The highest BCUT2D eigenvalue weighted by atomic mass is 32.2. The minimum atomic E-state index is -2.84. The Balaban J connectivity index is 0.00000122. The molecule has 6 nitrogen and oxygen atoms in total. The van der Waals surface area contributed by atoms with Crippen molar-refractivity contribution in [3.8, 4) is 0 Å². The lowest BCUT2D eigenvalue weighted by Gasteiger charge is -2.68. The maximum Gasteiger partial charge on any atom is 0.340 e. The zero-order valence-corrected chi connectivity index (χ0v) is 34.2. The molecule has 4 saturated carbocycles. The van der Waals surface area contributed by atoms with Crippen LogP contribution in [0, 0.1) is 51.7 Å². The number of rotatable bonds is 6. The van der Waals surface area contributed by atoms with E-state index in [0.717, 1.165) is 42.8 Å². The van der Waals surface area contributed by atoms with E-state index >= 15 is 4.39 Å². The van der Waals surface area contributed by atoms with Gasteiger partial charge in [0.1, 0.15) is 5.82 Å². The van der Waals surface area contributed by atoms with Gasteiger partial charge in [-0.1, -0.05) is 74.0 Å². The van der Waals surface area contributed by atoms with Crippen molar-refractivity contribution in [2.75, 3.05) is 44.8 Å². The number of halogens is 1. The molecule has 0 bridgehead atoms. The highest BCUT2D eigenvalue weighted by molar-refractivity contribution is 7.91. The van der Waals surface area contributed by atoms with Crippen LogP contribution in [0.2, 0.25) is 0 Å². The SMILES string of the molecule is CC.CC.COC(=O)c1ccc(C2=CC[C@@]3(C)C(CC[C@@]4(C)C5CC[C@@]6(NCCN7CCS(=O)(=O)CC7)CCC[C@@H]6[C@H]5CCC43)C2(C)C)cc1F. The third kappa shape index (κ3) is 7.13. The fraction of sp³-hybridized carbons (Fsp3) is 0.791. The monoisotopic (exact) mass is 728 g/mol. The first-order chi connectivity index (χ1) is 24.2. The van der Waals surface area contributed by atoms with Gasteiger partial charge in [-0.25, -0.2) is 17.6 Å². The van der Waals surface area contributed by atoms with E-state index in [1.165, 1.54) is 70.5 Å². The van der Waals surface area contributed by atoms with Gasteiger partial charge in [0.05, 0.1) is 24.2 Å². The van der Waals surface area contributed by atoms with Gasteiger partial charge < -0.3 is 15.0 Å². The molecule has 1 heterocycles. The van der Waals surface area contributed by atoms with Gasteiger partial charge >= 0.3 is 5.97 Å². The zero-order chi connectivity index (χ0) is 37.4. The molecule has 0 radical (unpaired) electrons. The number of sulfone groups is 1. The smallest absolute Gasteiger partial charge is 0.340 e. The summed E-state index contributed by atoms with van der Waals surface area (Å²) in [6.07, 6.45) is 15.1. The summed E-state index contributed by atoms with van der Waals surface area (Å²) < 4.78 is 43.7. The summed E-state index contributed by atoms with van der Waals surface area (Å²) in [5, 5.41) is 4.13. The molecule has 1 aromatic rings. The van der Waals surface area contributed by atoms with Crippen molar-refractivity contribution < 1.29 is 22.3 Å². The third-order valence-corrected chi connectivity index (χ3v) is 16.7. The van der Waals surface area contributed by atoms with Gasteiger partial charge in [0.15, 0.2) is 9.84 Å². The molecule has 288 valence electrons. The Kier molecular flexibility index (Phi) is 12.3. The number of ether oxygens (including phenoxy) is 1. The number of fused-ring (bicyclic) bond motifs is 7. The Hall–Kier alpha value is -1.77. The van der Waals surface area contributed by atoms with Gasteiger partial charge in [0.25, 0.3) is 0 Å². The van der Waals surface area contributed by atoms with Crippen LogP contribution >= 0.6 is 0 Å². The van der Waals surface area contributed by atoms with Gasteiger partial charge in [-0.15, -0.1) is 0 Å². The molecule has 8 heteroatoms. The Labute approximate surface area is 310 Å². The van der Waals surface area contributed by atoms with Crippen LogP contribution in [0.15, 0.2) is 24.3 Å². The summed E-state index contributed by atoms with van der Waals surface area (Å²) in [6, 6.07) is 5.04. The minimum Gasteiger partial charge on any atom is -0.465 e. The van der Waals surface area contributed by atoms with Crippen molar-refractivity contribution in [3.05, 3.63) is 41.2 Å². The average Bonchev–Trinajstić information content (AvgIpc) is 3.54. The van der Waals surface area contributed by atoms with Crippen molar-refractivity contribution in [1.29, 1.82) is 0 Å². The fourth-order valence-electron chi connectivity index (χ4n) is 13.0. The molecule has 0 aromatic heterocycles. The second kappa shape index (κ2) is 15.5. The number of hydrogen-bond donors (Lipinski definition) is 1. The molecule has 3 unspecified atom stereocenters. The van der Waals surface area contributed by atoms with Crippen molar-refractivity contribution in [2.45, 2.75) is 125 Å². The number of nitrogens with one attached hydrogen (secondary N) is 1. The fourth-order valence-corrected chi connectivity index (χ4v) is 14.3. The number of benzene rings is 1. The lowest BCUT2D eigenvalue weighted by molar-refractivity contribution is -0.172. The van der Waals surface area contributed by atoms with Crippen molar-refractivity contribution in [1.82, 2.24) is 10.2 Å². The van der Waals surface area contributed by atoms with Crippen molar-refractivity contribution >= 4 is 21.4 Å². The van der Waals surface area contributed by atoms with Gasteiger partial charge in [-0.2, -0.15) is 0 Å². The quantitative estimate of drug-likeness (QED) is 0.295. The molecule has 51 heavy (non-hydrogen) atoms. The summed E-state index contributed by atoms with van der Waals surface area (Å²) in [4.78, 5) is 14.4. The lowest BCUT2D eigenvalue weighted by atomic mass is 9.37. The van der Waals surface area contributed by atoms with E-state index in [2.05, 4.69) is 44.0 Å². The molecule has 8 atom stereocenters. The molecule has 0 amide bonds. The van der Waals surface area contributed by atoms with Gasteiger partial charge in [0, 0.05) is 31.7 Å². The lowest BCUT2D eigenvalue weighted by Crippen LogP contribution is -2.63. The molecular weight excluding hydrogens is 660 g/mol. The Morgan fingerprint density at radius 3 is 2.27 bits per heavy atom. The highest BCUT2D eigenvalue weighted by Gasteiger charge is 2.65. The second-order valence-electron chi connectivity index (χ2n) is 17.3. The first-order valence-corrected chi connectivity index (χ1v) is 22.3. The van der Waals surface area contributed by atoms with Crippen LogP contribution in [0.5, 0.6) is 0 Å². The number of carbonyl (C=O) groups excluding carboxylic acids is 1. The van der Waals surface area contributed by atoms with E-state index in [1.54, 1.807) is 12.1 Å². The third-order valence-electron chi connectivity index (χ3n) is 15.1. The van der Waals surface area contributed by atoms with Crippen LogP contribution in [0.3, 0.4) is 0 Å². The second-order valence-corrected chi connectivity index (χ2v) is 19.7. The zero-order valence-electron chi connectivity index (χ0n) is 33.4. The van der Waals surface area contributed by atoms with E-state index in [9.17, 15) is 13.2 Å². The first-order valence-electron chi connectivity index (χ1n) is 20.5. The number of carbonyl (C=O) groups is 1. The number of hydrogen-bond acceptors (Lipinski definition) is 6. The van der Waals surface area contributed by atoms with E-state index < -0.39 is 21.6 Å². The number of allylic oxidation sites excluding steroid dienone is 2. The van der Waals surface area contributed by atoms with E-state index in [1.807, 2.05) is 33.8 Å². The largest absolute Gasteiger partial charge is 0.465 e. The average molecular weight is 729 g/mol. The standard InChI is InChI=1S/C39H57FN2O4S.2C2H6/c1-36(2)29(26-8-9-28(32(40)25-26)35(43)46-5)12-16-38(4)33(36)14-17-37(3)30-13-18-39(15-6-7-31(39)27(30)10-11-34(37)38)41-19-20-42-21-23-47(44,45)24-22-42;2*1-2/h8-9,12,25,27,30-31,33-34,41H,6-7,10-11,13-24H2,1-5H3;2*1-2H3/t27-,30?,31+,33?,34?,37-,38-,39-;;/m0../s1. The molecule has 1 N–H and O–H groups in total. The van der Waals surface area contributed by atoms with E-state index in [0.29, 0.717) is 41.8 Å². The molecule has 1 saturated heterocycles. The predicted molar refractivity (Wildman–Crippen MR) is 208 cm³/mol. The summed E-state index contributed by atoms with van der Waals surface area (Å²) in [5.74, 6) is 3.00. The van der Waals surface area contributed by atoms with Crippen LogP contribution in [-0.2, 0) is 14.6 Å². The molecule has 7 rings (SSSR count). The van der Waals surface area contributed by atoms with Gasteiger partial charge in [-0.3, -0.25) is 0 Å². The Morgan fingerprint density at radius 1 is 0.902 bits per heavy atom. The normalized spacial score (nSPS) is 37.8. The summed E-state index contributed by atoms with van der Waals surface area (Å²) >= 11 is 0. The Bertz CT molecular complexity index is 1530. The molecule has 5 aliphatic carbocycles. The van der Waals surface area contributed by atoms with Crippen molar-refractivity contribution in [3.63, 3.8) is 0 Å². The molecule has 1 aliphatic heterocycles. The number of esters is 1. The Morgan fingerprint density at radius 2 is 1.61 bits per heavy atom. The van der Waals surface area contributed by atoms with Crippen LogP contribution < -0.4 is 5.32 Å². The first kappa shape index (κ1) is 40.4. The topological polar surface area (TPSA) is 75.7 Å². The number of methoxy groups -OCH3 is 1. The van der Waals surface area contributed by atoms with Crippen LogP contribution in [0.4, 0.5) is 4.39 Å². The van der Waals surface area contributed by atoms with Crippen LogP contribution in [0.1, 0.15) is 136 Å². The summed E-state index contributed by atoms with van der Waals surface area (Å²) in [6.45, 7) is 21.3. The number of nitrogens with zero attached hydrogens (tertiary/aromatic N) is 1. The van der Waals surface area contributed by atoms with Gasteiger partial charge in [0.2, 0.25) is 0 Å².